The van der Waals surface area contributed by atoms with Gasteiger partial charge in [-0.05, 0) is 23.3 Å². The third kappa shape index (κ3) is 4.11. The largest absolute Gasteiger partial charge is 0.247 e. The van der Waals surface area contributed by atoms with Gasteiger partial charge in [0.15, 0.2) is 5.82 Å². The molecule has 0 spiro atoms. The van der Waals surface area contributed by atoms with Crippen molar-refractivity contribution in [1.29, 1.82) is 0 Å². The van der Waals surface area contributed by atoms with Gasteiger partial charge in [0.1, 0.15) is 0 Å². The second kappa shape index (κ2) is 10.1. The topological polar surface area (TPSA) is 38.7 Å². The van der Waals surface area contributed by atoms with E-state index in [4.69, 9.17) is 15.0 Å². The van der Waals surface area contributed by atoms with Crippen molar-refractivity contribution < 1.29 is 0 Å². The Kier molecular flexibility index (Phi) is 5.79. The molecular weight excluding hydrogens is 510 g/mol. The monoisotopic (exact) mass is 535 g/mol. The molecule has 2 heterocycles. The molecule has 196 valence electrons. The molecular formula is C39H25N3. The summed E-state index contributed by atoms with van der Waals surface area (Å²) in [5.74, 6) is 0.720. The van der Waals surface area contributed by atoms with E-state index in [9.17, 15) is 0 Å². The Hall–Kier alpha value is -5.67. The van der Waals surface area contributed by atoms with Crippen LogP contribution < -0.4 is 0 Å². The minimum atomic E-state index is 0.720. The number of nitrogens with zero attached hydrogens (tertiary/aromatic N) is 3. The van der Waals surface area contributed by atoms with Crippen LogP contribution in [0.5, 0.6) is 0 Å². The lowest BCUT2D eigenvalue weighted by Crippen LogP contribution is -1.95. The molecule has 0 fully saturated rings. The van der Waals surface area contributed by atoms with Gasteiger partial charge in [0, 0.05) is 38.2 Å². The molecule has 0 atom stereocenters. The second-order valence-corrected chi connectivity index (χ2v) is 10.4. The minimum Gasteiger partial charge on any atom is -0.247 e. The minimum absolute atomic E-state index is 0.720. The van der Waals surface area contributed by atoms with Crippen molar-refractivity contribution in [2.75, 3.05) is 0 Å². The molecule has 0 radical (unpaired) electrons. The lowest BCUT2D eigenvalue weighted by Gasteiger charge is -2.14. The van der Waals surface area contributed by atoms with E-state index in [-0.39, 0.29) is 0 Å². The van der Waals surface area contributed by atoms with Crippen LogP contribution in [0.1, 0.15) is 0 Å². The van der Waals surface area contributed by atoms with Gasteiger partial charge in [-0.25, -0.2) is 15.0 Å². The molecule has 6 aromatic carbocycles. The predicted octanol–water partition coefficient (Wildman–Crippen LogP) is 10.00. The van der Waals surface area contributed by atoms with Crippen LogP contribution in [0.4, 0.5) is 0 Å². The fourth-order valence-electron chi connectivity index (χ4n) is 5.88. The maximum atomic E-state index is 5.10. The fourth-order valence-corrected chi connectivity index (χ4v) is 5.88. The Balaban J connectivity index is 1.29. The number of benzene rings is 6. The maximum absolute atomic E-state index is 5.10. The third-order valence-electron chi connectivity index (χ3n) is 7.88. The molecule has 0 aliphatic carbocycles. The first-order valence-corrected chi connectivity index (χ1v) is 14.1. The second-order valence-electron chi connectivity index (χ2n) is 10.4. The Labute approximate surface area is 243 Å². The van der Waals surface area contributed by atoms with E-state index >= 15 is 0 Å². The Morgan fingerprint density at radius 2 is 0.833 bits per heavy atom. The van der Waals surface area contributed by atoms with Gasteiger partial charge in [-0.1, -0.05) is 140 Å². The highest BCUT2D eigenvalue weighted by Crippen LogP contribution is 2.39. The molecule has 0 bridgehead atoms. The third-order valence-corrected chi connectivity index (χ3v) is 7.88. The zero-order valence-corrected chi connectivity index (χ0v) is 22.8. The van der Waals surface area contributed by atoms with E-state index < -0.39 is 0 Å². The van der Waals surface area contributed by atoms with Gasteiger partial charge in [0.2, 0.25) is 0 Å². The van der Waals surface area contributed by atoms with Crippen LogP contribution in [-0.4, -0.2) is 15.0 Å². The van der Waals surface area contributed by atoms with Crippen molar-refractivity contribution in [1.82, 2.24) is 15.0 Å². The molecule has 0 N–H and O–H groups in total. The molecule has 8 rings (SSSR count). The van der Waals surface area contributed by atoms with E-state index in [0.29, 0.717) is 0 Å². The van der Waals surface area contributed by atoms with Crippen molar-refractivity contribution in [3.8, 4) is 45.0 Å². The predicted molar refractivity (Wildman–Crippen MR) is 174 cm³/mol. The van der Waals surface area contributed by atoms with Gasteiger partial charge in [0.25, 0.3) is 0 Å². The van der Waals surface area contributed by atoms with Crippen molar-refractivity contribution in [3.63, 3.8) is 0 Å². The van der Waals surface area contributed by atoms with Crippen LogP contribution in [0.25, 0.3) is 77.6 Å². The van der Waals surface area contributed by atoms with E-state index in [1.54, 1.807) is 0 Å². The number of aromatic nitrogens is 3. The van der Waals surface area contributed by atoms with E-state index in [2.05, 4.69) is 115 Å². The molecule has 0 saturated carbocycles. The molecule has 0 aliphatic rings. The average Bonchev–Trinajstić information content (AvgIpc) is 3.08. The van der Waals surface area contributed by atoms with Crippen molar-refractivity contribution in [2.24, 2.45) is 0 Å². The Morgan fingerprint density at radius 3 is 1.52 bits per heavy atom. The normalized spacial score (nSPS) is 11.3. The summed E-state index contributed by atoms with van der Waals surface area (Å²) in [6, 6.07) is 52.6. The fraction of sp³-hybridized carbons (Fsp3) is 0. The van der Waals surface area contributed by atoms with E-state index in [1.807, 2.05) is 36.4 Å². The smallest absolute Gasteiger partial charge is 0.160 e. The lowest BCUT2D eigenvalue weighted by atomic mass is 9.92. The molecule has 8 aromatic rings. The summed E-state index contributed by atoms with van der Waals surface area (Å²) in [5, 5.41) is 4.56. The van der Waals surface area contributed by atoms with Gasteiger partial charge < -0.3 is 0 Å². The molecule has 0 saturated heterocycles. The summed E-state index contributed by atoms with van der Waals surface area (Å²) in [4.78, 5) is 15.1. The van der Waals surface area contributed by atoms with Crippen LogP contribution >= 0.6 is 0 Å². The quantitative estimate of drug-likeness (QED) is 0.211. The Bertz CT molecular complexity index is 2220. The van der Waals surface area contributed by atoms with Crippen LogP contribution in [0.3, 0.4) is 0 Å². The zero-order valence-electron chi connectivity index (χ0n) is 22.8. The summed E-state index contributed by atoms with van der Waals surface area (Å²) in [5.41, 5.74) is 9.38. The molecule has 0 amide bonds. The summed E-state index contributed by atoms with van der Waals surface area (Å²) in [7, 11) is 0. The first-order valence-electron chi connectivity index (χ1n) is 14.1. The number of hydrogen-bond donors (Lipinski definition) is 0. The van der Waals surface area contributed by atoms with Crippen molar-refractivity contribution in [3.05, 3.63) is 152 Å². The summed E-state index contributed by atoms with van der Waals surface area (Å²) >= 11 is 0. The van der Waals surface area contributed by atoms with E-state index in [1.165, 1.54) is 10.9 Å². The number of pyridine rings is 1. The first-order chi connectivity index (χ1) is 20.8. The average molecular weight is 536 g/mol. The highest BCUT2D eigenvalue weighted by molar-refractivity contribution is 6.17. The number of rotatable bonds is 4. The molecule has 2 aromatic heterocycles. The van der Waals surface area contributed by atoms with Crippen LogP contribution in [0, 0.1) is 0 Å². The summed E-state index contributed by atoms with van der Waals surface area (Å²) in [6.45, 7) is 0. The van der Waals surface area contributed by atoms with Gasteiger partial charge in [-0.2, -0.15) is 0 Å². The Morgan fingerprint density at radius 1 is 0.310 bits per heavy atom. The van der Waals surface area contributed by atoms with E-state index in [0.717, 1.165) is 66.7 Å². The van der Waals surface area contributed by atoms with Gasteiger partial charge in [-0.3, -0.25) is 0 Å². The highest BCUT2D eigenvalue weighted by Gasteiger charge is 2.15. The number of fused-ring (bicyclic) bond motifs is 4. The highest BCUT2D eigenvalue weighted by atomic mass is 14.9. The van der Waals surface area contributed by atoms with Crippen LogP contribution in [0.2, 0.25) is 0 Å². The maximum Gasteiger partial charge on any atom is 0.160 e. The number of para-hydroxylation sites is 2. The zero-order chi connectivity index (χ0) is 27.9. The lowest BCUT2D eigenvalue weighted by molar-refractivity contribution is 1.23. The number of hydrogen-bond acceptors (Lipinski definition) is 3. The summed E-state index contributed by atoms with van der Waals surface area (Å²) < 4.78 is 0. The molecule has 0 aliphatic heterocycles. The van der Waals surface area contributed by atoms with Crippen molar-refractivity contribution >= 4 is 32.6 Å². The summed E-state index contributed by atoms with van der Waals surface area (Å²) in [6.07, 6.45) is 0. The van der Waals surface area contributed by atoms with Crippen LogP contribution in [0.15, 0.2) is 152 Å². The van der Waals surface area contributed by atoms with Gasteiger partial charge in [0.05, 0.1) is 22.4 Å². The molecule has 3 nitrogen and oxygen atoms in total. The van der Waals surface area contributed by atoms with Crippen molar-refractivity contribution in [2.45, 2.75) is 0 Å². The van der Waals surface area contributed by atoms with Gasteiger partial charge in [-0.15, -0.1) is 0 Å². The SMILES string of the molecule is c1ccc(-c2nc(-c3ccc(-c4cccc5c(-c6ccccc6)nc6ccccc6c45)cc3)nc3ccccc23)cc1. The standard InChI is InChI=1S/C39H25N3/c1-3-12-27(13-4-1)37-32-17-8-10-21-35(32)41-39(42-37)29-24-22-26(23-25-29)30-18-11-19-33-36(30)31-16-7-9-20-34(31)40-38(33)28-14-5-2-6-15-28/h1-25H. The molecule has 3 heteroatoms. The first kappa shape index (κ1) is 24.2. The molecule has 42 heavy (non-hydrogen) atoms. The van der Waals surface area contributed by atoms with Gasteiger partial charge >= 0.3 is 0 Å². The molecule has 0 unspecified atom stereocenters. The van der Waals surface area contributed by atoms with Crippen LogP contribution in [-0.2, 0) is 0 Å².